The monoisotopic (exact) mass is 358 g/mol. The number of carbonyl (C=O) groups excluding carboxylic acids is 2. The number of rotatable bonds is 5. The minimum atomic E-state index is -0.326. The summed E-state index contributed by atoms with van der Waals surface area (Å²) in [6.45, 7) is 4.53. The van der Waals surface area contributed by atoms with E-state index in [9.17, 15) is 9.59 Å². The summed E-state index contributed by atoms with van der Waals surface area (Å²) in [6.07, 6.45) is 2.89. The predicted molar refractivity (Wildman–Crippen MR) is 94.8 cm³/mol. The van der Waals surface area contributed by atoms with E-state index in [1.807, 2.05) is 12.1 Å². The van der Waals surface area contributed by atoms with Crippen molar-refractivity contribution < 1.29 is 18.7 Å². The molecule has 8 nitrogen and oxygen atoms in total. The van der Waals surface area contributed by atoms with Crippen LogP contribution in [0.1, 0.15) is 23.0 Å². The average molecular weight is 358 g/mol. The molecule has 1 aliphatic heterocycles. The SMILES string of the molecule is CCOC(=O)N1CCN(C(=O)c2ccnc(NCc3ccco3)c2)CC1. The summed E-state index contributed by atoms with van der Waals surface area (Å²) in [4.78, 5) is 32.0. The maximum absolute atomic E-state index is 12.7. The van der Waals surface area contributed by atoms with Crippen molar-refractivity contribution in [3.63, 3.8) is 0 Å². The molecule has 0 radical (unpaired) electrons. The maximum Gasteiger partial charge on any atom is 0.409 e. The topological polar surface area (TPSA) is 87.9 Å². The zero-order valence-corrected chi connectivity index (χ0v) is 14.7. The lowest BCUT2D eigenvalue weighted by Crippen LogP contribution is -2.50. The molecule has 8 heteroatoms. The zero-order chi connectivity index (χ0) is 18.4. The molecule has 0 unspecified atom stereocenters. The summed E-state index contributed by atoms with van der Waals surface area (Å²) in [5.41, 5.74) is 0.562. The highest BCUT2D eigenvalue weighted by Gasteiger charge is 2.25. The number of ether oxygens (including phenoxy) is 1. The second-order valence-corrected chi connectivity index (χ2v) is 5.84. The van der Waals surface area contributed by atoms with E-state index in [0.29, 0.717) is 50.7 Å². The van der Waals surface area contributed by atoms with Gasteiger partial charge in [0.2, 0.25) is 0 Å². The van der Waals surface area contributed by atoms with Crippen LogP contribution >= 0.6 is 0 Å². The molecule has 0 spiro atoms. The van der Waals surface area contributed by atoms with Crippen LogP contribution in [-0.4, -0.2) is 59.6 Å². The molecular formula is C18H22N4O4. The van der Waals surface area contributed by atoms with Gasteiger partial charge >= 0.3 is 6.09 Å². The summed E-state index contributed by atoms with van der Waals surface area (Å²) in [7, 11) is 0. The molecule has 26 heavy (non-hydrogen) atoms. The molecule has 0 saturated carbocycles. The van der Waals surface area contributed by atoms with Gasteiger partial charge in [-0.25, -0.2) is 9.78 Å². The fraction of sp³-hybridized carbons (Fsp3) is 0.389. The van der Waals surface area contributed by atoms with Crippen LogP contribution < -0.4 is 5.32 Å². The van der Waals surface area contributed by atoms with Gasteiger partial charge in [-0.3, -0.25) is 4.79 Å². The van der Waals surface area contributed by atoms with E-state index in [4.69, 9.17) is 9.15 Å². The van der Waals surface area contributed by atoms with Crippen molar-refractivity contribution in [2.45, 2.75) is 13.5 Å². The Bertz CT molecular complexity index is 739. The molecular weight excluding hydrogens is 336 g/mol. The lowest BCUT2D eigenvalue weighted by Gasteiger charge is -2.34. The van der Waals surface area contributed by atoms with Crippen molar-refractivity contribution in [3.8, 4) is 0 Å². The number of hydrogen-bond donors (Lipinski definition) is 1. The van der Waals surface area contributed by atoms with Crippen molar-refractivity contribution in [3.05, 3.63) is 48.0 Å². The first-order chi connectivity index (χ1) is 12.7. The predicted octanol–water partition coefficient (Wildman–Crippen LogP) is 2.20. The molecule has 2 aromatic heterocycles. The number of pyridine rings is 1. The third-order valence-electron chi connectivity index (χ3n) is 4.12. The van der Waals surface area contributed by atoms with Crippen LogP contribution in [0, 0.1) is 0 Å². The summed E-state index contributed by atoms with van der Waals surface area (Å²) in [5.74, 6) is 1.33. The largest absolute Gasteiger partial charge is 0.467 e. The van der Waals surface area contributed by atoms with E-state index in [1.165, 1.54) is 0 Å². The van der Waals surface area contributed by atoms with Crippen molar-refractivity contribution >= 4 is 17.8 Å². The molecule has 0 aliphatic carbocycles. The van der Waals surface area contributed by atoms with Crippen molar-refractivity contribution in [1.29, 1.82) is 0 Å². The van der Waals surface area contributed by atoms with Gasteiger partial charge in [0.1, 0.15) is 11.6 Å². The third-order valence-corrected chi connectivity index (χ3v) is 4.12. The zero-order valence-electron chi connectivity index (χ0n) is 14.7. The molecule has 1 saturated heterocycles. The fourth-order valence-electron chi connectivity index (χ4n) is 2.74. The van der Waals surface area contributed by atoms with Crippen molar-refractivity contribution in [1.82, 2.24) is 14.8 Å². The van der Waals surface area contributed by atoms with E-state index in [1.54, 1.807) is 41.3 Å². The van der Waals surface area contributed by atoms with Gasteiger partial charge in [0.05, 0.1) is 19.4 Å². The van der Waals surface area contributed by atoms with E-state index >= 15 is 0 Å². The number of hydrogen-bond acceptors (Lipinski definition) is 6. The Morgan fingerprint density at radius 1 is 1.23 bits per heavy atom. The minimum absolute atomic E-state index is 0.0723. The van der Waals surface area contributed by atoms with Gasteiger partial charge in [0.15, 0.2) is 0 Å². The summed E-state index contributed by atoms with van der Waals surface area (Å²) >= 11 is 0. The molecule has 2 amide bonds. The lowest BCUT2D eigenvalue weighted by atomic mass is 10.2. The first-order valence-electron chi connectivity index (χ1n) is 8.60. The van der Waals surface area contributed by atoms with Crippen LogP contribution in [0.3, 0.4) is 0 Å². The van der Waals surface area contributed by atoms with Crippen LogP contribution in [-0.2, 0) is 11.3 Å². The van der Waals surface area contributed by atoms with Gasteiger partial charge in [-0.15, -0.1) is 0 Å². The molecule has 3 rings (SSSR count). The Balaban J connectivity index is 1.56. The molecule has 0 aromatic carbocycles. The van der Waals surface area contributed by atoms with Crippen LogP contribution in [0.4, 0.5) is 10.6 Å². The standard InChI is InChI=1S/C18H22N4O4/c1-2-25-18(24)22-9-7-21(8-10-22)17(23)14-5-6-19-16(12-14)20-13-15-4-3-11-26-15/h3-6,11-12H,2,7-10,13H2,1H3,(H,19,20). The molecule has 0 atom stereocenters. The Morgan fingerprint density at radius 2 is 2.00 bits per heavy atom. The number of furan rings is 1. The van der Waals surface area contributed by atoms with Gasteiger partial charge in [-0.1, -0.05) is 0 Å². The Kier molecular flexibility index (Phi) is 5.73. The van der Waals surface area contributed by atoms with Crippen molar-refractivity contribution in [2.24, 2.45) is 0 Å². The van der Waals surface area contributed by atoms with Crippen molar-refractivity contribution in [2.75, 3.05) is 38.1 Å². The number of carbonyl (C=O) groups is 2. The lowest BCUT2D eigenvalue weighted by molar-refractivity contribution is 0.0570. The molecule has 138 valence electrons. The highest BCUT2D eigenvalue weighted by Crippen LogP contribution is 2.13. The van der Waals surface area contributed by atoms with E-state index in [-0.39, 0.29) is 12.0 Å². The fourth-order valence-corrected chi connectivity index (χ4v) is 2.74. The number of amides is 2. The smallest absolute Gasteiger partial charge is 0.409 e. The maximum atomic E-state index is 12.7. The Hall–Kier alpha value is -3.03. The molecule has 1 fully saturated rings. The van der Waals surface area contributed by atoms with Crippen LogP contribution in [0.25, 0.3) is 0 Å². The second-order valence-electron chi connectivity index (χ2n) is 5.84. The van der Waals surface area contributed by atoms with Crippen LogP contribution in [0.2, 0.25) is 0 Å². The molecule has 2 aromatic rings. The minimum Gasteiger partial charge on any atom is -0.467 e. The van der Waals surface area contributed by atoms with Gasteiger partial charge in [-0.2, -0.15) is 0 Å². The first-order valence-corrected chi connectivity index (χ1v) is 8.60. The number of nitrogens with zero attached hydrogens (tertiary/aromatic N) is 3. The van der Waals surface area contributed by atoms with E-state index in [0.717, 1.165) is 5.76 Å². The van der Waals surface area contributed by atoms with E-state index in [2.05, 4.69) is 10.3 Å². The molecule has 1 N–H and O–H groups in total. The van der Waals surface area contributed by atoms with Gasteiger partial charge in [0.25, 0.3) is 5.91 Å². The summed E-state index contributed by atoms with van der Waals surface area (Å²) in [6, 6.07) is 7.10. The first kappa shape index (κ1) is 17.8. The highest BCUT2D eigenvalue weighted by atomic mass is 16.6. The molecule has 0 bridgehead atoms. The van der Waals surface area contributed by atoms with Gasteiger partial charge in [-0.05, 0) is 31.2 Å². The molecule has 1 aliphatic rings. The number of anilines is 1. The van der Waals surface area contributed by atoms with Crippen LogP contribution in [0.15, 0.2) is 41.1 Å². The number of aromatic nitrogens is 1. The van der Waals surface area contributed by atoms with Gasteiger partial charge in [0, 0.05) is 37.9 Å². The second kappa shape index (κ2) is 8.37. The highest BCUT2D eigenvalue weighted by molar-refractivity contribution is 5.95. The number of nitrogens with one attached hydrogen (secondary N) is 1. The normalized spacial score (nSPS) is 14.2. The quantitative estimate of drug-likeness (QED) is 0.882. The average Bonchev–Trinajstić information content (AvgIpc) is 3.20. The Morgan fingerprint density at radius 3 is 2.69 bits per heavy atom. The third kappa shape index (κ3) is 4.33. The summed E-state index contributed by atoms with van der Waals surface area (Å²) in [5, 5.41) is 3.14. The number of piperazine rings is 1. The van der Waals surface area contributed by atoms with Gasteiger partial charge < -0.3 is 24.3 Å². The van der Waals surface area contributed by atoms with E-state index < -0.39 is 0 Å². The molecule has 3 heterocycles. The van der Waals surface area contributed by atoms with Crippen LogP contribution in [0.5, 0.6) is 0 Å². The Labute approximate surface area is 151 Å². The summed E-state index contributed by atoms with van der Waals surface area (Å²) < 4.78 is 10.3.